The summed E-state index contributed by atoms with van der Waals surface area (Å²) in [6, 6.07) is 21.9. The first-order valence-corrected chi connectivity index (χ1v) is 8.52. The first-order chi connectivity index (χ1) is 10.7. The summed E-state index contributed by atoms with van der Waals surface area (Å²) in [5.41, 5.74) is 3.20. The number of carbonyl (C=O) groups is 1. The fourth-order valence-corrected chi connectivity index (χ4v) is 3.51. The lowest BCUT2D eigenvalue weighted by Crippen LogP contribution is -2.11. The highest BCUT2D eigenvalue weighted by Gasteiger charge is 2.11. The molecule has 110 valence electrons. The molecule has 0 aliphatic carbocycles. The van der Waals surface area contributed by atoms with Crippen LogP contribution in [0.1, 0.15) is 20.8 Å². The van der Waals surface area contributed by atoms with Crippen molar-refractivity contribution < 1.29 is 4.79 Å². The second kappa shape index (κ2) is 6.90. The van der Waals surface area contributed by atoms with Gasteiger partial charge in [-0.2, -0.15) is 0 Å². The molecule has 2 aromatic carbocycles. The van der Waals surface area contributed by atoms with Crippen molar-refractivity contribution in [3.63, 3.8) is 0 Å². The molecular weight excluding hydrogens is 358 g/mol. The van der Waals surface area contributed by atoms with Gasteiger partial charge in [-0.25, -0.2) is 0 Å². The van der Waals surface area contributed by atoms with Crippen molar-refractivity contribution in [1.82, 2.24) is 0 Å². The van der Waals surface area contributed by atoms with Gasteiger partial charge in [0.25, 0.3) is 5.91 Å². The first-order valence-electron chi connectivity index (χ1n) is 6.91. The summed E-state index contributed by atoms with van der Waals surface area (Å²) in [5.74, 6) is -0.0730. The molecule has 0 bridgehead atoms. The Labute approximate surface area is 141 Å². The van der Waals surface area contributed by atoms with Gasteiger partial charge in [-0.3, -0.25) is 4.79 Å². The van der Waals surface area contributed by atoms with Gasteiger partial charge < -0.3 is 5.32 Å². The molecule has 0 saturated heterocycles. The van der Waals surface area contributed by atoms with E-state index in [9.17, 15) is 4.79 Å². The minimum Gasteiger partial charge on any atom is -0.321 e. The third kappa shape index (κ3) is 3.64. The Balaban J connectivity index is 1.81. The Hall–Kier alpha value is -1.91. The number of halogens is 1. The monoisotopic (exact) mass is 371 g/mol. The van der Waals surface area contributed by atoms with Gasteiger partial charge in [0.05, 0.1) is 8.66 Å². The molecule has 1 N–H and O–H groups in total. The van der Waals surface area contributed by atoms with Crippen molar-refractivity contribution in [3.05, 3.63) is 86.5 Å². The molecule has 0 fully saturated rings. The Morgan fingerprint density at radius 2 is 1.68 bits per heavy atom. The standard InChI is InChI=1S/C18H14BrNOS/c19-17-11-10-16(22-17)18(21)20-15-9-5-4-8-14(15)12-13-6-2-1-3-7-13/h1-11H,12H2,(H,20,21). The van der Waals surface area contributed by atoms with Crippen molar-refractivity contribution >= 4 is 38.9 Å². The lowest BCUT2D eigenvalue weighted by molar-refractivity contribution is 0.103. The zero-order valence-corrected chi connectivity index (χ0v) is 14.2. The summed E-state index contributed by atoms with van der Waals surface area (Å²) in [6.45, 7) is 0. The molecule has 22 heavy (non-hydrogen) atoms. The van der Waals surface area contributed by atoms with E-state index in [-0.39, 0.29) is 5.91 Å². The van der Waals surface area contributed by atoms with Gasteiger partial charge in [0.2, 0.25) is 0 Å². The lowest BCUT2D eigenvalue weighted by atomic mass is 10.0. The average Bonchev–Trinajstić information content (AvgIpc) is 2.97. The largest absolute Gasteiger partial charge is 0.321 e. The van der Waals surface area contributed by atoms with E-state index in [0.717, 1.165) is 21.5 Å². The number of rotatable bonds is 4. The van der Waals surface area contributed by atoms with Gasteiger partial charge >= 0.3 is 0 Å². The van der Waals surface area contributed by atoms with Crippen LogP contribution in [0.4, 0.5) is 5.69 Å². The molecule has 1 heterocycles. The number of anilines is 1. The minimum absolute atomic E-state index is 0.0730. The molecular formula is C18H14BrNOS. The zero-order chi connectivity index (χ0) is 15.4. The molecule has 1 amide bonds. The van der Waals surface area contributed by atoms with Crippen LogP contribution in [-0.4, -0.2) is 5.91 Å². The van der Waals surface area contributed by atoms with Gasteiger partial charge in [0, 0.05) is 5.69 Å². The molecule has 0 unspecified atom stereocenters. The first kappa shape index (κ1) is 15.0. The van der Waals surface area contributed by atoms with Gasteiger partial charge in [-0.05, 0) is 51.7 Å². The zero-order valence-electron chi connectivity index (χ0n) is 11.8. The maximum absolute atomic E-state index is 12.3. The predicted octanol–water partition coefficient (Wildman–Crippen LogP) is 5.35. The highest BCUT2D eigenvalue weighted by atomic mass is 79.9. The molecule has 0 atom stereocenters. The van der Waals surface area contributed by atoms with Crippen LogP contribution in [0, 0.1) is 0 Å². The topological polar surface area (TPSA) is 29.1 Å². The smallest absolute Gasteiger partial charge is 0.265 e. The SMILES string of the molecule is O=C(Nc1ccccc1Cc1ccccc1)c1ccc(Br)s1. The Kier molecular flexibility index (Phi) is 4.71. The Morgan fingerprint density at radius 3 is 2.41 bits per heavy atom. The predicted molar refractivity (Wildman–Crippen MR) is 95.7 cm³/mol. The fraction of sp³-hybridized carbons (Fsp3) is 0.0556. The van der Waals surface area contributed by atoms with E-state index in [0.29, 0.717) is 4.88 Å². The van der Waals surface area contributed by atoms with E-state index < -0.39 is 0 Å². The third-order valence-corrected chi connectivity index (χ3v) is 4.92. The fourth-order valence-electron chi connectivity index (χ4n) is 2.23. The van der Waals surface area contributed by atoms with Crippen LogP contribution in [0.15, 0.2) is 70.5 Å². The van der Waals surface area contributed by atoms with Crippen LogP contribution < -0.4 is 5.32 Å². The number of carbonyl (C=O) groups excluding carboxylic acids is 1. The highest BCUT2D eigenvalue weighted by molar-refractivity contribution is 9.11. The average molecular weight is 372 g/mol. The van der Waals surface area contributed by atoms with E-state index in [2.05, 4.69) is 33.4 Å². The van der Waals surface area contributed by atoms with Gasteiger partial charge in [-0.15, -0.1) is 11.3 Å². The number of amides is 1. The molecule has 0 radical (unpaired) electrons. The molecule has 4 heteroatoms. The summed E-state index contributed by atoms with van der Waals surface area (Å²) >= 11 is 4.81. The van der Waals surface area contributed by atoms with Crippen molar-refractivity contribution in [2.24, 2.45) is 0 Å². The maximum atomic E-state index is 12.3. The van der Waals surface area contributed by atoms with Crippen LogP contribution in [-0.2, 0) is 6.42 Å². The molecule has 0 spiro atoms. The van der Waals surface area contributed by atoms with E-state index in [1.165, 1.54) is 16.9 Å². The number of para-hydroxylation sites is 1. The Bertz CT molecular complexity index is 783. The normalized spacial score (nSPS) is 10.4. The number of thiophene rings is 1. The third-order valence-electron chi connectivity index (χ3n) is 3.30. The van der Waals surface area contributed by atoms with Crippen LogP contribution in [0.5, 0.6) is 0 Å². The summed E-state index contributed by atoms with van der Waals surface area (Å²) in [4.78, 5) is 13.0. The van der Waals surface area contributed by atoms with Gasteiger partial charge in [-0.1, -0.05) is 48.5 Å². The molecule has 1 aromatic heterocycles. The molecule has 0 saturated carbocycles. The highest BCUT2D eigenvalue weighted by Crippen LogP contribution is 2.24. The van der Waals surface area contributed by atoms with E-state index in [1.807, 2.05) is 54.6 Å². The van der Waals surface area contributed by atoms with E-state index in [1.54, 1.807) is 0 Å². The summed E-state index contributed by atoms with van der Waals surface area (Å²) < 4.78 is 0.954. The second-order valence-electron chi connectivity index (χ2n) is 4.88. The quantitative estimate of drug-likeness (QED) is 0.657. The van der Waals surface area contributed by atoms with Crippen molar-refractivity contribution in [2.45, 2.75) is 6.42 Å². The number of nitrogens with one attached hydrogen (secondary N) is 1. The number of benzene rings is 2. The summed E-state index contributed by atoms with van der Waals surface area (Å²) in [5, 5.41) is 3.01. The molecule has 3 rings (SSSR count). The summed E-state index contributed by atoms with van der Waals surface area (Å²) in [7, 11) is 0. The summed E-state index contributed by atoms with van der Waals surface area (Å²) in [6.07, 6.45) is 0.797. The molecule has 0 aliphatic heterocycles. The van der Waals surface area contributed by atoms with Gasteiger partial charge in [0.15, 0.2) is 0 Å². The van der Waals surface area contributed by atoms with Gasteiger partial charge in [0.1, 0.15) is 0 Å². The van der Waals surface area contributed by atoms with Crippen molar-refractivity contribution in [1.29, 1.82) is 0 Å². The van der Waals surface area contributed by atoms with E-state index in [4.69, 9.17) is 0 Å². The van der Waals surface area contributed by atoms with Crippen molar-refractivity contribution in [2.75, 3.05) is 5.32 Å². The van der Waals surface area contributed by atoms with Crippen LogP contribution in [0.3, 0.4) is 0 Å². The molecule has 2 nitrogen and oxygen atoms in total. The maximum Gasteiger partial charge on any atom is 0.265 e. The molecule has 3 aromatic rings. The van der Waals surface area contributed by atoms with Crippen molar-refractivity contribution in [3.8, 4) is 0 Å². The minimum atomic E-state index is -0.0730. The second-order valence-corrected chi connectivity index (χ2v) is 7.34. The number of hydrogen-bond donors (Lipinski definition) is 1. The van der Waals surface area contributed by atoms with E-state index >= 15 is 0 Å². The lowest BCUT2D eigenvalue weighted by Gasteiger charge is -2.10. The van der Waals surface area contributed by atoms with Crippen LogP contribution >= 0.6 is 27.3 Å². The van der Waals surface area contributed by atoms with Crippen LogP contribution in [0.2, 0.25) is 0 Å². The van der Waals surface area contributed by atoms with Crippen LogP contribution in [0.25, 0.3) is 0 Å². The Morgan fingerprint density at radius 1 is 0.955 bits per heavy atom. The number of hydrogen-bond acceptors (Lipinski definition) is 2. The molecule has 0 aliphatic rings.